The van der Waals surface area contributed by atoms with Gasteiger partial charge in [-0.3, -0.25) is 76.7 Å². The van der Waals surface area contributed by atoms with Crippen LogP contribution in [0.1, 0.15) is 179 Å². The number of likely N-dealkylation sites (N-methyl/N-ethyl adjacent to an activating group) is 2. The first kappa shape index (κ1) is 104. The number of unbranched alkanes of at least 4 members (excludes halogenated alkanes) is 2. The summed E-state index contributed by atoms with van der Waals surface area (Å²) in [6.07, 6.45) is 4.43. The molecule has 0 unspecified atom stereocenters. The number of aryl methyl sites for hydroxylation is 1. The first-order valence-corrected chi connectivity index (χ1v) is 45.4. The van der Waals surface area contributed by atoms with Gasteiger partial charge in [-0.05, 0) is 139 Å². The van der Waals surface area contributed by atoms with E-state index in [1.165, 1.54) is 38.3 Å². The van der Waals surface area contributed by atoms with Crippen LogP contribution in [0.3, 0.4) is 0 Å². The predicted octanol–water partition coefficient (Wildman–Crippen LogP) is -0.00978. The average molecular weight is 1830 g/mol. The van der Waals surface area contributed by atoms with Crippen LogP contribution in [0.5, 0.6) is 0 Å². The highest BCUT2D eigenvalue weighted by atomic mass is 16.5. The Balaban J connectivity index is 0.921. The molecule has 0 bridgehead atoms. The first-order valence-electron chi connectivity index (χ1n) is 45.4. The number of rotatable bonds is 51. The number of aliphatic hydroxyl groups is 1. The Morgan fingerprint density at radius 3 is 1.74 bits per heavy atom. The number of aliphatic hydroxyl groups excluding tert-OH is 1. The fourth-order valence-electron chi connectivity index (χ4n) is 17.3. The number of carbonyl (C=O) groups excluding carboxylic acids is 14. The molecule has 5 heterocycles. The van der Waals surface area contributed by atoms with Gasteiger partial charge >= 0.3 is 11.9 Å². The number of aromatic nitrogens is 2. The van der Waals surface area contributed by atoms with E-state index in [4.69, 9.17) is 22.9 Å². The molecule has 40 heteroatoms. The number of amides is 14. The van der Waals surface area contributed by atoms with Crippen LogP contribution >= 0.6 is 0 Å². The molecule has 22 N–H and O–H groups in total. The van der Waals surface area contributed by atoms with Crippen molar-refractivity contribution < 1.29 is 97.2 Å². The Morgan fingerprint density at radius 2 is 1.12 bits per heavy atom. The second kappa shape index (κ2) is 50.4. The van der Waals surface area contributed by atoms with Gasteiger partial charge in [0.05, 0.1) is 18.6 Å². The minimum absolute atomic E-state index is 0.00339. The largest absolute Gasteiger partial charge is 0.481 e. The third-order valence-electron chi connectivity index (χ3n) is 24.5. The molecule has 2 aromatic heterocycles. The number of nitrogens with two attached hydrogens (primary N) is 4. The second-order valence-electron chi connectivity index (χ2n) is 35.0. The van der Waals surface area contributed by atoms with Crippen LogP contribution in [0.2, 0.25) is 0 Å². The van der Waals surface area contributed by atoms with E-state index in [2.05, 4.69) is 53.0 Å². The van der Waals surface area contributed by atoms with Gasteiger partial charge in [-0.25, -0.2) is 0 Å². The van der Waals surface area contributed by atoms with Crippen LogP contribution in [0.4, 0.5) is 0 Å². The lowest BCUT2D eigenvalue weighted by Crippen LogP contribution is -2.62. The average Bonchev–Trinajstić information content (AvgIpc) is 1.69. The number of carbonyl (C=O) groups is 16. The summed E-state index contributed by atoms with van der Waals surface area (Å²) in [6, 6.07) is 3.66. The van der Waals surface area contributed by atoms with E-state index in [-0.39, 0.29) is 129 Å². The standard InChI is InChI=1S/C91H134N20O20/c1-9-11-25-72(106(7)91(130)75(26-12-10-2)107(8)87(126)68(45-57-49-108(51-78(116)117)71-27-16-14-22-60(57)71)102-81(120)63(36-37-92)98-82(121)66(105-131)44-56-48-97-62-24-15-13-21-59(56)62)84(123)100-65(41-52(3)4)80(119)96-38-19-23-61(94)79(118)101-67(43-55-32-30-53(5)31-33-55)89(128)109-39-18-17-28-73(109)85(124)103-69(46-76(95)113)90(129)110-40-20-29-74(110)86(125)104-70(47-93)83(122)99-64(34-35-77(114)115)88(127)111-50-58(112)42-54(111)6/h13-16,21-22,24,27,30-33,48-49,52,54,58,61,63-70,72-75,97,105,112,131H,9-12,17-20,23,25-26,28-29,34-47,50-51,92-94H2,1-8H3,(H2,95,113)(H,96,119)(H,98,121)(H,99,122)(H,100,123)(H,101,118)(H,102,120)(H,103,124)(H,104,125)(H,114,115)(H,116,117)/t54-,58-,61+,63+,64+,65+,66+,67+,68+,69+,70+,72+,73+,74+,75+/m1/s1. The SMILES string of the molecule is CCCC[C@@H](C(=O)N(C)[C@@H](CCCC)C(=O)N[C@@H](CC(C)C)C(=O)NCCC[C@H](N)C(=O)N[C@@H](Cc1ccc(C)cc1)C(=O)N1CCCC[C@H]1C(=O)N[C@@H](CC(N)=O)C(=O)N1CCC[C@H]1C(=O)N[C@@H](CN)C(=O)N[C@@H](CCC(=O)O)C(=O)N1C[C@H](O)C[C@H]1C)N(C)C(=O)[C@H](Cc1cn(CC(=O)O)c2ccccc12)NC(=O)[C@H](CCN)NC(=O)[C@H](Cc1c[nH]c2ccccc12)NO. The summed E-state index contributed by atoms with van der Waals surface area (Å²) >= 11 is 0. The van der Waals surface area contributed by atoms with Crippen LogP contribution in [-0.4, -0.2) is 293 Å². The molecule has 0 spiro atoms. The van der Waals surface area contributed by atoms with E-state index in [0.717, 1.165) is 21.4 Å². The Morgan fingerprint density at radius 1 is 0.557 bits per heavy atom. The molecule has 3 aliphatic rings. The lowest BCUT2D eigenvalue weighted by molar-refractivity contribution is -0.149. The van der Waals surface area contributed by atoms with E-state index in [0.29, 0.717) is 66.1 Å². The zero-order chi connectivity index (χ0) is 96.0. The molecule has 3 fully saturated rings. The van der Waals surface area contributed by atoms with Gasteiger partial charge in [0.15, 0.2) is 0 Å². The van der Waals surface area contributed by atoms with Crippen molar-refractivity contribution in [3.8, 4) is 0 Å². The number of primary amides is 1. The molecule has 14 amide bonds. The third-order valence-corrected chi connectivity index (χ3v) is 24.5. The summed E-state index contributed by atoms with van der Waals surface area (Å²) in [5.74, 6) is -13.4. The van der Waals surface area contributed by atoms with Crippen LogP contribution in [0, 0.1) is 12.8 Å². The molecule has 718 valence electrons. The molecular weight excluding hydrogens is 1690 g/mol. The molecule has 15 atom stereocenters. The molecule has 3 saturated heterocycles. The number of aromatic amines is 1. The molecule has 3 aliphatic heterocycles. The van der Waals surface area contributed by atoms with Crippen LogP contribution in [0.25, 0.3) is 21.8 Å². The topological polar surface area (TPSA) is 603 Å². The maximum Gasteiger partial charge on any atom is 0.323 e. The van der Waals surface area contributed by atoms with Crippen molar-refractivity contribution in [3.63, 3.8) is 0 Å². The molecule has 0 saturated carbocycles. The normalized spacial score (nSPS) is 18.1. The molecule has 3 aromatic carbocycles. The Kier molecular flexibility index (Phi) is 40.2. The zero-order valence-electron chi connectivity index (χ0n) is 76.1. The summed E-state index contributed by atoms with van der Waals surface area (Å²) < 4.78 is 1.49. The number of nitrogens with zero attached hydrogens (tertiary/aromatic N) is 6. The van der Waals surface area contributed by atoms with Crippen molar-refractivity contribution in [2.24, 2.45) is 28.9 Å². The number of carboxylic acid groups (broad SMARTS) is 2. The summed E-state index contributed by atoms with van der Waals surface area (Å²) in [6.45, 7) is 9.89. The molecule has 5 aromatic rings. The number of fused-ring (bicyclic) bond motifs is 2. The van der Waals surface area contributed by atoms with E-state index < -0.39 is 211 Å². The number of para-hydroxylation sites is 2. The fourth-order valence-corrected chi connectivity index (χ4v) is 17.3. The maximum absolute atomic E-state index is 15.5. The smallest absolute Gasteiger partial charge is 0.323 e. The van der Waals surface area contributed by atoms with Gasteiger partial charge in [-0.2, -0.15) is 5.48 Å². The van der Waals surface area contributed by atoms with Gasteiger partial charge in [0.25, 0.3) is 0 Å². The van der Waals surface area contributed by atoms with E-state index in [1.54, 1.807) is 55.7 Å². The van der Waals surface area contributed by atoms with Gasteiger partial charge in [-0.1, -0.05) is 120 Å². The van der Waals surface area contributed by atoms with Crippen LogP contribution < -0.4 is 70.9 Å². The number of β-amino-alcohol motifs (C(OH)–C–C–N with tert-alkyl or cyclic N) is 1. The van der Waals surface area contributed by atoms with E-state index in [1.807, 2.05) is 71.0 Å². The maximum atomic E-state index is 15.5. The van der Waals surface area contributed by atoms with Crippen molar-refractivity contribution >= 4 is 116 Å². The van der Waals surface area contributed by atoms with E-state index in [9.17, 15) is 82.9 Å². The molecule has 131 heavy (non-hydrogen) atoms. The van der Waals surface area contributed by atoms with Crippen molar-refractivity contribution in [1.29, 1.82) is 0 Å². The minimum Gasteiger partial charge on any atom is -0.481 e. The molecule has 8 rings (SSSR count). The van der Waals surface area contributed by atoms with E-state index >= 15 is 14.4 Å². The van der Waals surface area contributed by atoms with Crippen LogP contribution in [-0.2, 0) is 103 Å². The quantitative estimate of drug-likeness (QED) is 0.0180. The molecule has 40 nitrogen and oxygen atoms in total. The highest BCUT2D eigenvalue weighted by Gasteiger charge is 2.45. The van der Waals surface area contributed by atoms with Gasteiger partial charge < -0.3 is 120 Å². The summed E-state index contributed by atoms with van der Waals surface area (Å²) in [7, 11) is 2.85. The number of hydrogen-bond acceptors (Lipinski definition) is 22. The highest BCUT2D eigenvalue weighted by molar-refractivity contribution is 6.01. The molecular formula is C91H134N20O20. The van der Waals surface area contributed by atoms with Crippen molar-refractivity contribution in [2.45, 2.75) is 280 Å². The third kappa shape index (κ3) is 29.3. The van der Waals surface area contributed by atoms with Crippen molar-refractivity contribution in [1.82, 2.24) is 82.1 Å². The van der Waals surface area contributed by atoms with Gasteiger partial charge in [0.2, 0.25) is 82.7 Å². The number of hydrogen-bond donors (Lipinski definition) is 18. The van der Waals surface area contributed by atoms with Crippen molar-refractivity contribution in [3.05, 3.63) is 107 Å². The monoisotopic (exact) mass is 1830 g/mol. The van der Waals surface area contributed by atoms with Gasteiger partial charge in [0.1, 0.15) is 79.0 Å². The molecule has 0 radical (unpaired) electrons. The lowest BCUT2D eigenvalue weighted by atomic mass is 9.97. The lowest BCUT2D eigenvalue weighted by Gasteiger charge is -2.38. The van der Waals surface area contributed by atoms with Gasteiger partial charge in [0, 0.05) is 113 Å². The van der Waals surface area contributed by atoms with Crippen LogP contribution in [0.15, 0.2) is 85.2 Å². The summed E-state index contributed by atoms with van der Waals surface area (Å²) in [5.41, 5.74) is 30.4. The minimum atomic E-state index is -1.66. The Bertz CT molecular complexity index is 4810. The second-order valence-corrected chi connectivity index (χ2v) is 35.0. The first-order chi connectivity index (χ1) is 62.4. The Labute approximate surface area is 762 Å². The number of nitrogens with one attached hydrogen (secondary N) is 10. The Hall–Kier alpha value is -12.0. The number of likely N-dealkylation sites (tertiary alicyclic amines) is 3. The number of piperidine rings is 1. The van der Waals surface area contributed by atoms with Crippen molar-refractivity contribution in [2.75, 3.05) is 53.4 Å². The molecule has 0 aliphatic carbocycles. The zero-order valence-corrected chi connectivity index (χ0v) is 76.1. The van der Waals surface area contributed by atoms with Gasteiger partial charge in [-0.15, -0.1) is 0 Å². The number of H-pyrrole nitrogens is 1. The number of benzene rings is 3. The highest BCUT2D eigenvalue weighted by Crippen LogP contribution is 2.29. The number of hydroxylamine groups is 1. The summed E-state index contributed by atoms with van der Waals surface area (Å²) in [5, 5.41) is 63.1. The predicted molar refractivity (Wildman–Crippen MR) is 484 cm³/mol. The number of aliphatic carboxylic acids is 2. The number of carboxylic acids is 2. The fraction of sp³-hybridized carbons (Fsp3) is 0.582. The summed E-state index contributed by atoms with van der Waals surface area (Å²) in [4.78, 5) is 235.